The molecule has 4 aromatic rings. The summed E-state index contributed by atoms with van der Waals surface area (Å²) in [5, 5.41) is 2.92. The third kappa shape index (κ3) is 5.72. The molecule has 1 N–H and O–H groups in total. The van der Waals surface area contributed by atoms with Gasteiger partial charge in [0.1, 0.15) is 11.4 Å². The predicted octanol–water partition coefficient (Wildman–Crippen LogP) is 4.74. The molecule has 0 radical (unpaired) electrons. The van der Waals surface area contributed by atoms with Crippen molar-refractivity contribution >= 4 is 35.0 Å². The average Bonchev–Trinajstić information content (AvgIpc) is 3.26. The van der Waals surface area contributed by atoms with Crippen LogP contribution in [0.1, 0.15) is 21.6 Å². The number of methoxy groups -OCH3 is 1. The maximum atomic E-state index is 12.7. The number of hydrogen-bond acceptors (Lipinski definition) is 6. The summed E-state index contributed by atoms with van der Waals surface area (Å²) in [4.78, 5) is 29.5. The lowest BCUT2D eigenvalue weighted by Crippen LogP contribution is -2.14. The van der Waals surface area contributed by atoms with Crippen LogP contribution in [0.2, 0.25) is 0 Å². The molecule has 0 fully saturated rings. The van der Waals surface area contributed by atoms with E-state index in [-0.39, 0.29) is 12.5 Å². The van der Waals surface area contributed by atoms with Crippen LogP contribution in [-0.4, -0.2) is 35.0 Å². The molecule has 168 valence electrons. The maximum absolute atomic E-state index is 12.7. The Kier molecular flexibility index (Phi) is 6.95. The standard InChI is InChI=1S/C25H23N3O4S/c1-17-13-20(32-15-24(29)31-2)8-11-22(17)27-25(30)18-6-9-21(10-7-18)33-16-19-14-28-12-4-3-5-23(28)26-19/h3-14H,15-16H2,1-2H3,(H,27,30). The quantitative estimate of drug-likeness (QED) is 0.302. The highest BCUT2D eigenvalue weighted by Gasteiger charge is 2.10. The van der Waals surface area contributed by atoms with Crippen molar-refractivity contribution < 1.29 is 19.1 Å². The summed E-state index contributed by atoms with van der Waals surface area (Å²) in [6, 6.07) is 18.6. The molecule has 0 aliphatic rings. The molecule has 7 nitrogen and oxygen atoms in total. The zero-order valence-electron chi connectivity index (χ0n) is 18.3. The first-order chi connectivity index (χ1) is 16.0. The second-order valence-electron chi connectivity index (χ2n) is 7.31. The number of hydrogen-bond donors (Lipinski definition) is 1. The van der Waals surface area contributed by atoms with Crippen LogP contribution in [0.5, 0.6) is 5.75 Å². The van der Waals surface area contributed by atoms with Crippen molar-refractivity contribution in [2.24, 2.45) is 0 Å². The average molecular weight is 462 g/mol. The van der Waals surface area contributed by atoms with E-state index in [1.807, 2.05) is 66.2 Å². The van der Waals surface area contributed by atoms with Crippen molar-refractivity contribution in [3.05, 3.63) is 89.9 Å². The van der Waals surface area contributed by atoms with Gasteiger partial charge in [0, 0.05) is 34.3 Å². The summed E-state index contributed by atoms with van der Waals surface area (Å²) in [7, 11) is 1.31. The maximum Gasteiger partial charge on any atom is 0.343 e. The number of rotatable bonds is 8. The molecule has 0 saturated heterocycles. The Hall–Kier alpha value is -3.78. The van der Waals surface area contributed by atoms with E-state index in [2.05, 4.69) is 15.0 Å². The van der Waals surface area contributed by atoms with Gasteiger partial charge in [-0.05, 0) is 67.1 Å². The van der Waals surface area contributed by atoms with Crippen molar-refractivity contribution in [1.29, 1.82) is 0 Å². The normalized spacial score (nSPS) is 10.7. The van der Waals surface area contributed by atoms with Crippen LogP contribution in [0.25, 0.3) is 5.65 Å². The first-order valence-electron chi connectivity index (χ1n) is 10.3. The summed E-state index contributed by atoms with van der Waals surface area (Å²) < 4.78 is 11.9. The number of ether oxygens (including phenoxy) is 2. The highest BCUT2D eigenvalue weighted by Crippen LogP contribution is 2.25. The van der Waals surface area contributed by atoms with E-state index in [4.69, 9.17) is 4.74 Å². The third-order valence-electron chi connectivity index (χ3n) is 4.95. The Bertz CT molecular complexity index is 1250. The molecule has 0 unspecified atom stereocenters. The van der Waals surface area contributed by atoms with Crippen LogP contribution in [-0.2, 0) is 15.3 Å². The topological polar surface area (TPSA) is 81.9 Å². The van der Waals surface area contributed by atoms with E-state index < -0.39 is 5.97 Å². The summed E-state index contributed by atoms with van der Waals surface area (Å²) in [6.07, 6.45) is 4.01. The minimum absolute atomic E-state index is 0.164. The monoisotopic (exact) mass is 461 g/mol. The van der Waals surface area contributed by atoms with E-state index in [0.29, 0.717) is 17.0 Å². The van der Waals surface area contributed by atoms with Crippen LogP contribution in [0.3, 0.4) is 0 Å². The SMILES string of the molecule is COC(=O)COc1ccc(NC(=O)c2ccc(SCc3cn4ccccc4n3)cc2)c(C)c1. The number of carbonyl (C=O) groups excluding carboxylic acids is 2. The van der Waals surface area contributed by atoms with Gasteiger partial charge in [0.25, 0.3) is 5.91 Å². The molecule has 33 heavy (non-hydrogen) atoms. The number of nitrogens with one attached hydrogen (secondary N) is 1. The van der Waals surface area contributed by atoms with Gasteiger partial charge in [0.15, 0.2) is 6.61 Å². The van der Waals surface area contributed by atoms with Gasteiger partial charge in [-0.25, -0.2) is 9.78 Å². The van der Waals surface area contributed by atoms with Crippen LogP contribution in [0.15, 0.2) is 78.0 Å². The second-order valence-corrected chi connectivity index (χ2v) is 8.36. The minimum atomic E-state index is -0.454. The van der Waals surface area contributed by atoms with Crippen LogP contribution in [0, 0.1) is 6.92 Å². The smallest absolute Gasteiger partial charge is 0.343 e. The molecule has 2 aromatic heterocycles. The third-order valence-corrected chi connectivity index (χ3v) is 5.99. The number of pyridine rings is 1. The number of thioether (sulfide) groups is 1. The van der Waals surface area contributed by atoms with Crippen molar-refractivity contribution in [1.82, 2.24) is 9.38 Å². The zero-order chi connectivity index (χ0) is 23.2. The van der Waals surface area contributed by atoms with Crippen LogP contribution >= 0.6 is 11.8 Å². The number of aromatic nitrogens is 2. The summed E-state index contributed by atoms with van der Waals surface area (Å²) in [5.41, 5.74) is 4.00. The number of imidazole rings is 1. The number of anilines is 1. The molecule has 2 aromatic carbocycles. The molecule has 0 spiro atoms. The number of carbonyl (C=O) groups is 2. The molecular weight excluding hydrogens is 438 g/mol. The van der Waals surface area contributed by atoms with Gasteiger partial charge in [-0.2, -0.15) is 0 Å². The van der Waals surface area contributed by atoms with Gasteiger partial charge in [-0.3, -0.25) is 4.79 Å². The highest BCUT2D eigenvalue weighted by molar-refractivity contribution is 7.98. The predicted molar refractivity (Wildman–Crippen MR) is 128 cm³/mol. The summed E-state index contributed by atoms with van der Waals surface area (Å²) in [6.45, 7) is 1.70. The summed E-state index contributed by atoms with van der Waals surface area (Å²) >= 11 is 1.67. The van der Waals surface area contributed by atoms with E-state index in [1.165, 1.54) is 7.11 Å². The van der Waals surface area contributed by atoms with Gasteiger partial charge < -0.3 is 19.2 Å². The van der Waals surface area contributed by atoms with E-state index in [9.17, 15) is 9.59 Å². The number of aryl methyl sites for hydroxylation is 1. The fraction of sp³-hybridized carbons (Fsp3) is 0.160. The molecule has 1 amide bonds. The van der Waals surface area contributed by atoms with Crippen molar-refractivity contribution in [2.75, 3.05) is 19.0 Å². The van der Waals surface area contributed by atoms with Gasteiger partial charge in [-0.1, -0.05) is 6.07 Å². The molecule has 2 heterocycles. The van der Waals surface area contributed by atoms with Crippen molar-refractivity contribution in [3.8, 4) is 5.75 Å². The highest BCUT2D eigenvalue weighted by atomic mass is 32.2. The first kappa shape index (κ1) is 22.4. The number of esters is 1. The Balaban J connectivity index is 1.33. The zero-order valence-corrected chi connectivity index (χ0v) is 19.1. The molecule has 0 aliphatic carbocycles. The van der Waals surface area contributed by atoms with E-state index in [0.717, 1.165) is 27.6 Å². The van der Waals surface area contributed by atoms with Crippen LogP contribution < -0.4 is 10.1 Å². The molecule has 0 atom stereocenters. The molecule has 0 bridgehead atoms. The van der Waals surface area contributed by atoms with Crippen molar-refractivity contribution in [2.45, 2.75) is 17.6 Å². The number of nitrogens with zero attached hydrogens (tertiary/aromatic N) is 2. The molecule has 8 heteroatoms. The first-order valence-corrected chi connectivity index (χ1v) is 11.3. The fourth-order valence-electron chi connectivity index (χ4n) is 3.18. The van der Waals surface area contributed by atoms with E-state index >= 15 is 0 Å². The fourth-order valence-corrected chi connectivity index (χ4v) is 3.96. The molecule has 0 saturated carbocycles. The van der Waals surface area contributed by atoms with E-state index in [1.54, 1.807) is 30.0 Å². The lowest BCUT2D eigenvalue weighted by Gasteiger charge is -2.11. The molecule has 4 rings (SSSR count). The summed E-state index contributed by atoms with van der Waals surface area (Å²) in [5.74, 6) is 0.627. The Morgan fingerprint density at radius 2 is 1.91 bits per heavy atom. The van der Waals surface area contributed by atoms with Gasteiger partial charge in [-0.15, -0.1) is 11.8 Å². The Morgan fingerprint density at radius 1 is 1.09 bits per heavy atom. The number of amides is 1. The lowest BCUT2D eigenvalue weighted by molar-refractivity contribution is -0.142. The van der Waals surface area contributed by atoms with Gasteiger partial charge >= 0.3 is 5.97 Å². The largest absolute Gasteiger partial charge is 0.482 e. The van der Waals surface area contributed by atoms with Crippen molar-refractivity contribution in [3.63, 3.8) is 0 Å². The van der Waals surface area contributed by atoms with Crippen LogP contribution in [0.4, 0.5) is 5.69 Å². The second kappa shape index (κ2) is 10.2. The van der Waals surface area contributed by atoms with Gasteiger partial charge in [0.05, 0.1) is 12.8 Å². The molecular formula is C25H23N3O4S. The lowest BCUT2D eigenvalue weighted by atomic mass is 10.1. The number of benzene rings is 2. The Morgan fingerprint density at radius 3 is 2.64 bits per heavy atom. The Labute approximate surface area is 195 Å². The minimum Gasteiger partial charge on any atom is -0.482 e. The molecule has 0 aliphatic heterocycles. The van der Waals surface area contributed by atoms with Gasteiger partial charge in [0.2, 0.25) is 0 Å². The number of fused-ring (bicyclic) bond motifs is 1.